The van der Waals surface area contributed by atoms with Crippen LogP contribution >= 0.6 is 0 Å². The first-order valence-corrected chi connectivity index (χ1v) is 17.8. The Kier molecular flexibility index (Phi) is 11.7. The van der Waals surface area contributed by atoms with E-state index in [9.17, 15) is 18.5 Å². The molecule has 0 saturated carbocycles. The van der Waals surface area contributed by atoms with Gasteiger partial charge in [0.25, 0.3) is 5.91 Å². The van der Waals surface area contributed by atoms with Gasteiger partial charge in [-0.2, -0.15) is 5.26 Å². The minimum Gasteiger partial charge on any atom is -0.493 e. The van der Waals surface area contributed by atoms with Crippen molar-refractivity contribution in [3.63, 3.8) is 0 Å². The maximum Gasteiger partial charge on any atom is 0.251 e. The highest BCUT2D eigenvalue weighted by Crippen LogP contribution is 2.32. The van der Waals surface area contributed by atoms with E-state index in [0.29, 0.717) is 67.0 Å². The molecule has 1 atom stereocenters. The molecule has 0 aliphatic carbocycles. The first-order chi connectivity index (χ1) is 23.6. The van der Waals surface area contributed by atoms with Gasteiger partial charge in [-0.15, -0.1) is 0 Å². The third-order valence-electron chi connectivity index (χ3n) is 7.98. The predicted molar refractivity (Wildman–Crippen MR) is 187 cm³/mol. The van der Waals surface area contributed by atoms with E-state index in [1.165, 1.54) is 0 Å². The van der Waals surface area contributed by atoms with E-state index in [-0.39, 0.29) is 25.0 Å². The summed E-state index contributed by atoms with van der Waals surface area (Å²) in [6.45, 7) is 4.64. The molecule has 4 aromatic rings. The summed E-state index contributed by atoms with van der Waals surface area (Å²) in [5.41, 5.74) is 5.01. The molecule has 0 radical (unpaired) electrons. The largest absolute Gasteiger partial charge is 0.493 e. The van der Waals surface area contributed by atoms with Gasteiger partial charge in [0.15, 0.2) is 0 Å². The average molecular weight is 685 g/mol. The molecule has 1 aliphatic rings. The number of aliphatic hydroxyl groups excluding tert-OH is 1. The lowest BCUT2D eigenvalue weighted by molar-refractivity contribution is 0.0943. The Morgan fingerprint density at radius 2 is 1.69 bits per heavy atom. The first kappa shape index (κ1) is 35.2. The van der Waals surface area contributed by atoms with Gasteiger partial charge in [-0.3, -0.25) is 9.52 Å². The van der Waals surface area contributed by atoms with Gasteiger partial charge in [-0.05, 0) is 78.6 Å². The number of hydrogen-bond acceptors (Lipinski definition) is 9. The van der Waals surface area contributed by atoms with E-state index in [2.05, 4.69) is 21.0 Å². The summed E-state index contributed by atoms with van der Waals surface area (Å²) in [5.74, 6) is 1.41. The van der Waals surface area contributed by atoms with E-state index in [4.69, 9.17) is 19.3 Å². The van der Waals surface area contributed by atoms with E-state index in [1.54, 1.807) is 36.4 Å². The lowest BCUT2D eigenvalue weighted by Gasteiger charge is -2.28. The highest BCUT2D eigenvalue weighted by atomic mass is 32.2. The highest BCUT2D eigenvalue weighted by molar-refractivity contribution is 7.92. The van der Waals surface area contributed by atoms with Crippen LogP contribution in [-0.2, 0) is 27.8 Å². The van der Waals surface area contributed by atoms with Crippen molar-refractivity contribution >= 4 is 27.3 Å². The van der Waals surface area contributed by atoms with Gasteiger partial charge in [-0.1, -0.05) is 30.3 Å². The average Bonchev–Trinajstić information content (AvgIpc) is 3.61. The summed E-state index contributed by atoms with van der Waals surface area (Å²) < 4.78 is 44.3. The molecule has 5 rings (SSSR count). The van der Waals surface area contributed by atoms with Crippen molar-refractivity contribution in [3.05, 3.63) is 113 Å². The third-order valence-corrected chi connectivity index (χ3v) is 8.57. The molecule has 49 heavy (non-hydrogen) atoms. The molecule has 0 bridgehead atoms. The number of sulfonamides is 1. The fraction of sp³-hybridized carbons (Fsp3) is 0.297. The van der Waals surface area contributed by atoms with Gasteiger partial charge in [0, 0.05) is 49.5 Å². The summed E-state index contributed by atoms with van der Waals surface area (Å²) in [4.78, 5) is 14.9. The Bertz CT molecular complexity index is 1890. The lowest BCUT2D eigenvalue weighted by atomic mass is 10.1. The van der Waals surface area contributed by atoms with Crippen LogP contribution in [0, 0.1) is 24.2 Å². The van der Waals surface area contributed by atoms with Crippen LogP contribution < -0.4 is 24.4 Å². The fourth-order valence-electron chi connectivity index (χ4n) is 5.47. The van der Waals surface area contributed by atoms with Crippen molar-refractivity contribution in [2.75, 3.05) is 48.9 Å². The second-order valence-electron chi connectivity index (χ2n) is 11.9. The Morgan fingerprint density at radius 3 is 2.33 bits per heavy atom. The van der Waals surface area contributed by atoms with Crippen LogP contribution in [-0.4, -0.2) is 58.7 Å². The SMILES string of the molecule is Cc1c(NS(C)(=O)=O)cccc1N(Cc1ccc(C#N)cc1)Cc1ccc(Oc2cc(OCC3CCOC3)cc(C(=O)NCCO)c2)cc1. The van der Waals surface area contributed by atoms with Crippen LogP contribution in [0.1, 0.15) is 39.0 Å². The molecule has 3 N–H and O–H groups in total. The van der Waals surface area contributed by atoms with Crippen LogP contribution in [0.2, 0.25) is 0 Å². The molecule has 1 amide bonds. The molecule has 1 aliphatic heterocycles. The van der Waals surface area contributed by atoms with Crippen molar-refractivity contribution in [1.29, 1.82) is 5.26 Å². The second kappa shape index (κ2) is 16.3. The van der Waals surface area contributed by atoms with Gasteiger partial charge in [-0.25, -0.2) is 8.42 Å². The summed E-state index contributed by atoms with van der Waals surface area (Å²) in [7, 11) is -3.48. The number of carbonyl (C=O) groups is 1. The summed E-state index contributed by atoms with van der Waals surface area (Å²) in [6, 6.07) is 27.6. The number of aliphatic hydroxyl groups is 1. The number of nitriles is 1. The lowest BCUT2D eigenvalue weighted by Crippen LogP contribution is -2.26. The third kappa shape index (κ3) is 10.2. The van der Waals surface area contributed by atoms with Gasteiger partial charge in [0.05, 0.1) is 43.4 Å². The molecule has 1 unspecified atom stereocenters. The quantitative estimate of drug-likeness (QED) is 0.150. The van der Waals surface area contributed by atoms with Crippen molar-refractivity contribution < 1.29 is 32.5 Å². The summed E-state index contributed by atoms with van der Waals surface area (Å²) in [6.07, 6.45) is 2.04. The molecule has 0 aromatic heterocycles. The van der Waals surface area contributed by atoms with Crippen molar-refractivity contribution in [1.82, 2.24) is 5.32 Å². The normalized spacial score (nSPS) is 14.1. The van der Waals surface area contributed by atoms with Gasteiger partial charge >= 0.3 is 0 Å². The van der Waals surface area contributed by atoms with Crippen molar-refractivity contribution in [2.45, 2.75) is 26.4 Å². The molecular weight excluding hydrogens is 644 g/mol. The number of rotatable bonds is 15. The molecule has 1 saturated heterocycles. The zero-order valence-corrected chi connectivity index (χ0v) is 28.3. The monoisotopic (exact) mass is 684 g/mol. The summed E-state index contributed by atoms with van der Waals surface area (Å²) in [5, 5.41) is 21.1. The van der Waals surface area contributed by atoms with Crippen LogP contribution in [0.4, 0.5) is 11.4 Å². The smallest absolute Gasteiger partial charge is 0.251 e. The van der Waals surface area contributed by atoms with E-state index >= 15 is 0 Å². The first-order valence-electron chi connectivity index (χ1n) is 15.9. The van der Waals surface area contributed by atoms with Crippen LogP contribution in [0.15, 0.2) is 84.9 Å². The van der Waals surface area contributed by atoms with Crippen LogP contribution in [0.3, 0.4) is 0 Å². The van der Waals surface area contributed by atoms with Crippen LogP contribution in [0.5, 0.6) is 17.2 Å². The van der Waals surface area contributed by atoms with Crippen molar-refractivity contribution in [3.8, 4) is 23.3 Å². The number of carbonyl (C=O) groups excluding carboxylic acids is 1. The molecule has 1 fully saturated rings. The number of nitrogens with one attached hydrogen (secondary N) is 2. The maximum atomic E-state index is 12.8. The van der Waals surface area contributed by atoms with E-state index in [0.717, 1.165) is 35.1 Å². The molecule has 4 aromatic carbocycles. The van der Waals surface area contributed by atoms with Crippen molar-refractivity contribution in [2.24, 2.45) is 5.92 Å². The fourth-order valence-corrected chi connectivity index (χ4v) is 6.09. The number of nitrogens with zero attached hydrogens (tertiary/aromatic N) is 2. The standard InChI is InChI=1S/C37H40N4O7S/c1-26-35(40-49(2,44)45)4-3-5-36(26)41(22-28-8-6-27(21-38)7-9-28)23-29-10-12-32(13-11-29)48-34-19-31(37(43)39-15-16-42)18-33(20-34)47-25-30-14-17-46-24-30/h3-13,18-20,30,40,42H,14-17,22-25H2,1-2H3,(H,39,43). The Morgan fingerprint density at radius 1 is 1.00 bits per heavy atom. The highest BCUT2D eigenvalue weighted by Gasteiger charge is 2.18. The topological polar surface area (TPSA) is 150 Å². The minimum absolute atomic E-state index is 0.126. The Balaban J connectivity index is 1.37. The number of anilines is 2. The molecule has 0 spiro atoms. The number of hydrogen-bond donors (Lipinski definition) is 3. The molecule has 256 valence electrons. The zero-order valence-electron chi connectivity index (χ0n) is 27.5. The minimum atomic E-state index is -3.48. The number of ether oxygens (including phenoxy) is 3. The van der Waals surface area contributed by atoms with E-state index in [1.807, 2.05) is 55.5 Å². The molecule has 1 heterocycles. The maximum absolute atomic E-state index is 12.8. The Hall–Kier alpha value is -5.09. The molecule has 11 nitrogen and oxygen atoms in total. The van der Waals surface area contributed by atoms with E-state index < -0.39 is 10.0 Å². The zero-order chi connectivity index (χ0) is 34.8. The number of amides is 1. The number of benzene rings is 4. The second-order valence-corrected chi connectivity index (χ2v) is 13.7. The molecular formula is C37H40N4O7S. The van der Waals surface area contributed by atoms with Crippen LogP contribution in [0.25, 0.3) is 0 Å². The van der Waals surface area contributed by atoms with Gasteiger partial charge in [0.1, 0.15) is 17.2 Å². The Labute approximate surface area is 287 Å². The van der Waals surface area contributed by atoms with Gasteiger partial charge in [0.2, 0.25) is 10.0 Å². The summed E-state index contributed by atoms with van der Waals surface area (Å²) >= 11 is 0. The molecule has 12 heteroatoms. The van der Waals surface area contributed by atoms with Gasteiger partial charge < -0.3 is 29.5 Å². The predicted octanol–water partition coefficient (Wildman–Crippen LogP) is 5.37.